The van der Waals surface area contributed by atoms with E-state index in [0.717, 1.165) is 16.9 Å². The molecule has 3 aromatic rings. The van der Waals surface area contributed by atoms with Gasteiger partial charge in [0.15, 0.2) is 5.13 Å². The molecule has 1 aromatic carbocycles. The Hall–Kier alpha value is -2.71. The molecule has 3 rings (SSSR count). The summed E-state index contributed by atoms with van der Waals surface area (Å²) in [5.74, 6) is -0.813. The fourth-order valence-electron chi connectivity index (χ4n) is 2.02. The van der Waals surface area contributed by atoms with Crippen LogP contribution >= 0.6 is 22.7 Å². The molecule has 0 aliphatic rings. The van der Waals surface area contributed by atoms with Crippen LogP contribution in [0.4, 0.5) is 10.1 Å². The number of nitrogen functional groups attached to an aromatic ring is 1. The van der Waals surface area contributed by atoms with E-state index in [-0.39, 0.29) is 5.91 Å². The smallest absolute Gasteiger partial charge is 0.348 e. The van der Waals surface area contributed by atoms with Crippen LogP contribution in [0.15, 0.2) is 42.5 Å². The van der Waals surface area contributed by atoms with Gasteiger partial charge in [-0.1, -0.05) is 41.7 Å². The number of carbonyl (C=O) groups excluding carboxylic acids is 2. The number of hydrogen-bond acceptors (Lipinski definition) is 7. The third-order valence-electron chi connectivity index (χ3n) is 3.14. The van der Waals surface area contributed by atoms with Crippen LogP contribution in [0.1, 0.15) is 19.3 Å². The van der Waals surface area contributed by atoms with E-state index in [1.807, 2.05) is 30.3 Å². The van der Waals surface area contributed by atoms with E-state index in [1.54, 1.807) is 12.1 Å². The minimum atomic E-state index is -0.469. The van der Waals surface area contributed by atoms with Gasteiger partial charge in [-0.05, 0) is 12.1 Å². The van der Waals surface area contributed by atoms with Gasteiger partial charge in [0, 0.05) is 5.56 Å². The summed E-state index contributed by atoms with van der Waals surface area (Å²) in [5.41, 5.74) is 7.52. The Bertz CT molecular complexity index is 887. The minimum Gasteiger partial charge on any atom is -0.465 e. The number of nitrogens with zero attached hydrogens (tertiary/aromatic N) is 1. The highest BCUT2D eigenvalue weighted by Crippen LogP contribution is 2.33. The van der Waals surface area contributed by atoms with Crippen LogP contribution in [-0.4, -0.2) is 24.0 Å². The summed E-state index contributed by atoms with van der Waals surface area (Å²) in [7, 11) is 1.30. The Morgan fingerprint density at radius 3 is 2.50 bits per heavy atom. The summed E-state index contributed by atoms with van der Waals surface area (Å²) < 4.78 is 4.63. The molecule has 0 saturated heterocycles. The van der Waals surface area contributed by atoms with Crippen molar-refractivity contribution in [1.82, 2.24) is 4.98 Å². The van der Waals surface area contributed by atoms with E-state index in [1.165, 1.54) is 18.4 Å². The number of esters is 1. The summed E-state index contributed by atoms with van der Waals surface area (Å²) in [6, 6.07) is 12.6. The Morgan fingerprint density at radius 1 is 1.08 bits per heavy atom. The summed E-state index contributed by atoms with van der Waals surface area (Å²) in [5, 5.41) is 3.64. The van der Waals surface area contributed by atoms with Gasteiger partial charge in [0.25, 0.3) is 5.91 Å². The van der Waals surface area contributed by atoms with Crippen LogP contribution in [0.3, 0.4) is 0 Å². The molecule has 0 spiro atoms. The number of ether oxygens (including phenoxy) is 1. The fourth-order valence-corrected chi connectivity index (χ4v) is 3.59. The molecule has 0 radical (unpaired) electrons. The zero-order valence-corrected chi connectivity index (χ0v) is 14.2. The van der Waals surface area contributed by atoms with Gasteiger partial charge >= 0.3 is 5.97 Å². The normalized spacial score (nSPS) is 10.4. The number of methoxy groups -OCH3 is 1. The quantitative estimate of drug-likeness (QED) is 0.695. The van der Waals surface area contributed by atoms with Gasteiger partial charge in [-0.3, -0.25) is 10.1 Å². The van der Waals surface area contributed by atoms with Crippen LogP contribution in [0.5, 0.6) is 0 Å². The monoisotopic (exact) mass is 359 g/mol. The number of rotatable bonds is 4. The standard InChI is InChI=1S/C16H13N3O3S2/c1-22-15(21)11-8-7-10(23-11)14(20)19-16-18-12(13(17)24-16)9-5-3-2-4-6-9/h2-8H,17H2,1H3,(H,18,19,20). The van der Waals surface area contributed by atoms with Crippen molar-refractivity contribution < 1.29 is 14.3 Å². The van der Waals surface area contributed by atoms with Crippen LogP contribution in [-0.2, 0) is 4.74 Å². The molecule has 0 fully saturated rings. The number of anilines is 2. The summed E-state index contributed by atoms with van der Waals surface area (Å²) in [6.07, 6.45) is 0. The number of thiophene rings is 1. The lowest BCUT2D eigenvalue weighted by molar-refractivity contribution is 0.0606. The first-order chi connectivity index (χ1) is 11.6. The first kappa shape index (κ1) is 16.2. The van der Waals surface area contributed by atoms with E-state index in [9.17, 15) is 9.59 Å². The number of hydrogen-bond donors (Lipinski definition) is 2. The largest absolute Gasteiger partial charge is 0.465 e. The lowest BCUT2D eigenvalue weighted by Crippen LogP contribution is -2.09. The first-order valence-electron chi connectivity index (χ1n) is 6.89. The number of nitrogens with one attached hydrogen (secondary N) is 1. The molecule has 3 N–H and O–H groups in total. The molecule has 0 aliphatic heterocycles. The molecule has 0 unspecified atom stereocenters. The third kappa shape index (κ3) is 3.29. The molecule has 2 aromatic heterocycles. The molecule has 0 atom stereocenters. The summed E-state index contributed by atoms with van der Waals surface area (Å²) >= 11 is 2.26. The molecule has 0 aliphatic carbocycles. The molecule has 2 heterocycles. The van der Waals surface area contributed by atoms with E-state index in [0.29, 0.717) is 25.6 Å². The van der Waals surface area contributed by atoms with Crippen molar-refractivity contribution in [3.63, 3.8) is 0 Å². The predicted octanol–water partition coefficient (Wildman–Crippen LogP) is 3.49. The van der Waals surface area contributed by atoms with Crippen molar-refractivity contribution in [1.29, 1.82) is 0 Å². The zero-order chi connectivity index (χ0) is 17.1. The van der Waals surface area contributed by atoms with Gasteiger partial charge in [0.2, 0.25) is 0 Å². The molecule has 24 heavy (non-hydrogen) atoms. The van der Waals surface area contributed by atoms with E-state index >= 15 is 0 Å². The number of nitrogens with two attached hydrogens (primary N) is 1. The fraction of sp³-hybridized carbons (Fsp3) is 0.0625. The first-order valence-corrected chi connectivity index (χ1v) is 8.53. The molecule has 0 bridgehead atoms. The summed E-state index contributed by atoms with van der Waals surface area (Å²) in [6.45, 7) is 0. The topological polar surface area (TPSA) is 94.3 Å². The van der Waals surface area contributed by atoms with Gasteiger partial charge in [-0.2, -0.15) is 0 Å². The Kier molecular flexibility index (Phi) is 4.59. The predicted molar refractivity (Wildman–Crippen MR) is 95.6 cm³/mol. The van der Waals surface area contributed by atoms with Gasteiger partial charge in [-0.15, -0.1) is 11.3 Å². The molecule has 8 heteroatoms. The second-order valence-electron chi connectivity index (χ2n) is 4.71. The number of amides is 1. The molecule has 6 nitrogen and oxygen atoms in total. The highest BCUT2D eigenvalue weighted by molar-refractivity contribution is 7.20. The summed E-state index contributed by atoms with van der Waals surface area (Å²) in [4.78, 5) is 28.8. The SMILES string of the molecule is COC(=O)c1ccc(C(=O)Nc2nc(-c3ccccc3)c(N)s2)s1. The number of aromatic nitrogens is 1. The Labute approximate surface area is 145 Å². The second-order valence-corrected chi connectivity index (χ2v) is 6.82. The number of thiazole rings is 1. The maximum absolute atomic E-state index is 12.3. The van der Waals surface area contributed by atoms with E-state index < -0.39 is 5.97 Å². The lowest BCUT2D eigenvalue weighted by Gasteiger charge is -1.98. The van der Waals surface area contributed by atoms with E-state index in [2.05, 4.69) is 15.0 Å². The van der Waals surface area contributed by atoms with Gasteiger partial charge in [-0.25, -0.2) is 9.78 Å². The Morgan fingerprint density at radius 2 is 1.79 bits per heavy atom. The molecule has 1 amide bonds. The maximum atomic E-state index is 12.3. The molecular formula is C16H13N3O3S2. The molecule has 0 saturated carbocycles. The van der Waals surface area contributed by atoms with Gasteiger partial charge in [0.1, 0.15) is 15.6 Å². The van der Waals surface area contributed by atoms with Crippen molar-refractivity contribution in [3.05, 3.63) is 52.2 Å². The maximum Gasteiger partial charge on any atom is 0.348 e. The van der Waals surface area contributed by atoms with Crippen molar-refractivity contribution in [2.45, 2.75) is 0 Å². The molecule has 122 valence electrons. The average molecular weight is 359 g/mol. The van der Waals surface area contributed by atoms with Crippen molar-refractivity contribution in [2.75, 3.05) is 18.2 Å². The lowest BCUT2D eigenvalue weighted by atomic mass is 10.2. The van der Waals surface area contributed by atoms with Crippen LogP contribution in [0.25, 0.3) is 11.3 Å². The van der Waals surface area contributed by atoms with Crippen LogP contribution < -0.4 is 11.1 Å². The second kappa shape index (κ2) is 6.81. The highest BCUT2D eigenvalue weighted by atomic mass is 32.1. The molecular weight excluding hydrogens is 346 g/mol. The van der Waals surface area contributed by atoms with Gasteiger partial charge in [0.05, 0.1) is 12.0 Å². The van der Waals surface area contributed by atoms with Crippen LogP contribution in [0, 0.1) is 0 Å². The Balaban J connectivity index is 1.78. The average Bonchev–Trinajstić information content (AvgIpc) is 3.22. The highest BCUT2D eigenvalue weighted by Gasteiger charge is 2.17. The van der Waals surface area contributed by atoms with Crippen molar-refractivity contribution in [3.8, 4) is 11.3 Å². The van der Waals surface area contributed by atoms with Crippen molar-refractivity contribution in [2.24, 2.45) is 0 Å². The minimum absolute atomic E-state index is 0.344. The van der Waals surface area contributed by atoms with Crippen LogP contribution in [0.2, 0.25) is 0 Å². The number of benzene rings is 1. The van der Waals surface area contributed by atoms with Gasteiger partial charge < -0.3 is 10.5 Å². The zero-order valence-electron chi connectivity index (χ0n) is 12.6. The van der Waals surface area contributed by atoms with E-state index in [4.69, 9.17) is 5.73 Å². The third-order valence-corrected chi connectivity index (χ3v) is 5.00. The number of carbonyl (C=O) groups is 2. The van der Waals surface area contributed by atoms with Crippen molar-refractivity contribution >= 4 is 44.7 Å².